The summed E-state index contributed by atoms with van der Waals surface area (Å²) in [5, 5.41) is 0. The SMILES string of the molecule is COc1ccc(C(=O)c2ccc(OC)c(F)c2)c(F)c1. The fourth-order valence-electron chi connectivity index (χ4n) is 1.77. The Kier molecular flexibility index (Phi) is 3.98. The monoisotopic (exact) mass is 278 g/mol. The van der Waals surface area contributed by atoms with Gasteiger partial charge in [-0.25, -0.2) is 8.78 Å². The number of carbonyl (C=O) groups is 1. The van der Waals surface area contributed by atoms with E-state index in [4.69, 9.17) is 9.47 Å². The van der Waals surface area contributed by atoms with Gasteiger partial charge in [0.15, 0.2) is 17.3 Å². The topological polar surface area (TPSA) is 35.5 Å². The van der Waals surface area contributed by atoms with E-state index in [1.807, 2.05) is 0 Å². The summed E-state index contributed by atoms with van der Waals surface area (Å²) in [5.74, 6) is -1.67. The first-order valence-electron chi connectivity index (χ1n) is 5.78. The molecule has 0 spiro atoms. The number of carbonyl (C=O) groups excluding carboxylic acids is 1. The summed E-state index contributed by atoms with van der Waals surface area (Å²) in [5.41, 5.74) is -0.0947. The maximum atomic E-state index is 13.8. The van der Waals surface area contributed by atoms with Crippen molar-refractivity contribution in [1.82, 2.24) is 0 Å². The normalized spacial score (nSPS) is 10.2. The molecule has 2 aromatic rings. The number of ether oxygens (including phenoxy) is 2. The summed E-state index contributed by atoms with van der Waals surface area (Å²) in [6.45, 7) is 0. The largest absolute Gasteiger partial charge is 0.497 e. The Balaban J connectivity index is 2.38. The van der Waals surface area contributed by atoms with Gasteiger partial charge in [-0.05, 0) is 30.3 Å². The third-order valence-electron chi connectivity index (χ3n) is 2.83. The molecular formula is C15H12F2O3. The molecule has 0 heterocycles. The van der Waals surface area contributed by atoms with Gasteiger partial charge in [0.1, 0.15) is 11.6 Å². The third-order valence-corrected chi connectivity index (χ3v) is 2.83. The summed E-state index contributed by atoms with van der Waals surface area (Å²) in [6, 6.07) is 7.60. The minimum Gasteiger partial charge on any atom is -0.497 e. The molecular weight excluding hydrogens is 266 g/mol. The van der Waals surface area contributed by atoms with E-state index in [-0.39, 0.29) is 16.9 Å². The number of halogens is 2. The van der Waals surface area contributed by atoms with E-state index in [0.29, 0.717) is 5.75 Å². The molecule has 0 fully saturated rings. The Morgan fingerprint density at radius 1 is 0.950 bits per heavy atom. The zero-order chi connectivity index (χ0) is 14.7. The van der Waals surface area contributed by atoms with E-state index in [9.17, 15) is 13.6 Å². The molecule has 0 aliphatic heterocycles. The molecule has 0 saturated carbocycles. The molecule has 0 aliphatic rings. The van der Waals surface area contributed by atoms with Crippen LogP contribution in [-0.4, -0.2) is 20.0 Å². The van der Waals surface area contributed by atoms with E-state index in [2.05, 4.69) is 0 Å². The standard InChI is InChI=1S/C15H12F2O3/c1-19-10-4-5-11(12(16)8-10)15(18)9-3-6-14(20-2)13(17)7-9/h3-8H,1-2H3. The molecule has 0 unspecified atom stereocenters. The van der Waals surface area contributed by atoms with Crippen LogP contribution in [0.4, 0.5) is 8.78 Å². The summed E-state index contributed by atoms with van der Waals surface area (Å²) >= 11 is 0. The van der Waals surface area contributed by atoms with E-state index in [1.54, 1.807) is 0 Å². The van der Waals surface area contributed by atoms with Crippen molar-refractivity contribution in [3.8, 4) is 11.5 Å². The van der Waals surface area contributed by atoms with Crippen molar-refractivity contribution in [2.24, 2.45) is 0 Å². The van der Waals surface area contributed by atoms with Crippen LogP contribution in [0, 0.1) is 11.6 Å². The number of hydrogen-bond acceptors (Lipinski definition) is 3. The Morgan fingerprint density at radius 2 is 1.70 bits per heavy atom. The maximum absolute atomic E-state index is 13.8. The first-order valence-corrected chi connectivity index (χ1v) is 5.78. The molecule has 0 aliphatic carbocycles. The number of ketones is 1. The van der Waals surface area contributed by atoms with E-state index in [0.717, 1.165) is 12.1 Å². The van der Waals surface area contributed by atoms with Crippen LogP contribution in [0.25, 0.3) is 0 Å². The van der Waals surface area contributed by atoms with Crippen molar-refractivity contribution in [2.75, 3.05) is 14.2 Å². The molecule has 0 atom stereocenters. The van der Waals surface area contributed by atoms with Crippen molar-refractivity contribution in [3.63, 3.8) is 0 Å². The van der Waals surface area contributed by atoms with Gasteiger partial charge in [0.2, 0.25) is 0 Å². The molecule has 0 amide bonds. The molecule has 0 N–H and O–H groups in total. The average Bonchev–Trinajstić information content (AvgIpc) is 2.46. The number of benzene rings is 2. The minimum atomic E-state index is -0.717. The zero-order valence-corrected chi connectivity index (χ0v) is 10.9. The molecule has 0 radical (unpaired) electrons. The van der Waals surface area contributed by atoms with Gasteiger partial charge in [-0.3, -0.25) is 4.79 Å². The lowest BCUT2D eigenvalue weighted by Gasteiger charge is -2.07. The first kappa shape index (κ1) is 14.0. The van der Waals surface area contributed by atoms with Crippen LogP contribution in [0.3, 0.4) is 0 Å². The van der Waals surface area contributed by atoms with Crippen molar-refractivity contribution in [1.29, 1.82) is 0 Å². The summed E-state index contributed by atoms with van der Waals surface area (Å²) < 4.78 is 37.0. The molecule has 20 heavy (non-hydrogen) atoms. The highest BCUT2D eigenvalue weighted by molar-refractivity contribution is 6.09. The first-order chi connectivity index (χ1) is 9.56. The van der Waals surface area contributed by atoms with Crippen molar-refractivity contribution in [3.05, 3.63) is 59.2 Å². The fraction of sp³-hybridized carbons (Fsp3) is 0.133. The molecule has 3 nitrogen and oxygen atoms in total. The van der Waals surface area contributed by atoms with Crippen LogP contribution in [0.15, 0.2) is 36.4 Å². The number of methoxy groups -OCH3 is 2. The predicted molar refractivity (Wildman–Crippen MR) is 69.3 cm³/mol. The predicted octanol–water partition coefficient (Wildman–Crippen LogP) is 3.21. The van der Waals surface area contributed by atoms with Gasteiger partial charge < -0.3 is 9.47 Å². The Labute approximate surface area is 114 Å². The van der Waals surface area contributed by atoms with Crippen molar-refractivity contribution >= 4 is 5.78 Å². The van der Waals surface area contributed by atoms with Gasteiger partial charge in [0, 0.05) is 11.6 Å². The smallest absolute Gasteiger partial charge is 0.196 e. The fourth-order valence-corrected chi connectivity index (χ4v) is 1.77. The second-order valence-electron chi connectivity index (χ2n) is 4.02. The van der Waals surface area contributed by atoms with Crippen molar-refractivity contribution < 1.29 is 23.0 Å². The molecule has 0 aromatic heterocycles. The van der Waals surface area contributed by atoms with Gasteiger partial charge >= 0.3 is 0 Å². The molecule has 2 aromatic carbocycles. The van der Waals surface area contributed by atoms with E-state index < -0.39 is 17.4 Å². The highest BCUT2D eigenvalue weighted by Crippen LogP contribution is 2.22. The number of rotatable bonds is 4. The quantitative estimate of drug-likeness (QED) is 0.806. The lowest BCUT2D eigenvalue weighted by atomic mass is 10.0. The van der Waals surface area contributed by atoms with Crippen LogP contribution < -0.4 is 9.47 Å². The van der Waals surface area contributed by atoms with Gasteiger partial charge in [0.05, 0.1) is 19.8 Å². The Bertz CT molecular complexity index is 654. The van der Waals surface area contributed by atoms with Gasteiger partial charge in [-0.2, -0.15) is 0 Å². The second-order valence-corrected chi connectivity index (χ2v) is 4.02. The average molecular weight is 278 g/mol. The van der Waals surface area contributed by atoms with Crippen LogP contribution in [0.1, 0.15) is 15.9 Å². The Morgan fingerprint density at radius 3 is 2.25 bits per heavy atom. The summed E-state index contributed by atoms with van der Waals surface area (Å²) in [4.78, 5) is 12.1. The van der Waals surface area contributed by atoms with Crippen LogP contribution in [0.5, 0.6) is 11.5 Å². The van der Waals surface area contributed by atoms with Gasteiger partial charge in [-0.15, -0.1) is 0 Å². The Hall–Kier alpha value is -2.43. The van der Waals surface area contributed by atoms with E-state index in [1.165, 1.54) is 38.5 Å². The molecule has 5 heteroatoms. The summed E-state index contributed by atoms with van der Waals surface area (Å²) in [7, 11) is 2.72. The molecule has 0 saturated heterocycles. The highest BCUT2D eigenvalue weighted by atomic mass is 19.1. The maximum Gasteiger partial charge on any atom is 0.196 e. The highest BCUT2D eigenvalue weighted by Gasteiger charge is 2.16. The van der Waals surface area contributed by atoms with Gasteiger partial charge in [-0.1, -0.05) is 0 Å². The van der Waals surface area contributed by atoms with E-state index >= 15 is 0 Å². The second kappa shape index (κ2) is 5.69. The lowest BCUT2D eigenvalue weighted by Crippen LogP contribution is -2.05. The lowest BCUT2D eigenvalue weighted by molar-refractivity contribution is 0.103. The minimum absolute atomic E-state index is 0.0248. The summed E-state index contributed by atoms with van der Waals surface area (Å²) in [6.07, 6.45) is 0. The van der Waals surface area contributed by atoms with Crippen LogP contribution in [-0.2, 0) is 0 Å². The molecule has 0 bridgehead atoms. The third kappa shape index (κ3) is 2.61. The zero-order valence-electron chi connectivity index (χ0n) is 10.9. The molecule has 104 valence electrons. The van der Waals surface area contributed by atoms with Crippen molar-refractivity contribution in [2.45, 2.75) is 0 Å². The number of hydrogen-bond donors (Lipinski definition) is 0. The van der Waals surface area contributed by atoms with Crippen LogP contribution in [0.2, 0.25) is 0 Å². The molecule has 2 rings (SSSR count). The van der Waals surface area contributed by atoms with Gasteiger partial charge in [0.25, 0.3) is 0 Å². The van der Waals surface area contributed by atoms with Crippen LogP contribution >= 0.6 is 0 Å².